The fourth-order valence-electron chi connectivity index (χ4n) is 2.52. The Kier molecular flexibility index (Phi) is 8.75. The second kappa shape index (κ2) is 11.0. The number of nitrogens with zero attached hydrogens (tertiary/aromatic N) is 2. The Morgan fingerprint density at radius 3 is 2.86 bits per heavy atom. The van der Waals surface area contributed by atoms with Crippen LogP contribution in [0.3, 0.4) is 0 Å². The van der Waals surface area contributed by atoms with Crippen LogP contribution in [0.25, 0.3) is 6.08 Å². The molecule has 0 spiro atoms. The fraction of sp³-hybridized carbons (Fsp3) is 0.474. The zero-order chi connectivity index (χ0) is 20.5. The van der Waals surface area contributed by atoms with Gasteiger partial charge in [-0.3, -0.25) is 4.99 Å². The molecule has 1 unspecified atom stereocenters. The van der Waals surface area contributed by atoms with E-state index in [1.165, 1.54) is 28.8 Å². The number of carbonyl (C=O) groups excluding carboxylic acids is 1. The molecular weight excluding hydrogens is 383 g/mol. The van der Waals surface area contributed by atoms with Crippen LogP contribution in [-0.2, 0) is 0 Å². The molecule has 0 aromatic heterocycles. The van der Waals surface area contributed by atoms with Gasteiger partial charge in [-0.15, -0.1) is 0 Å². The minimum absolute atomic E-state index is 0.102. The van der Waals surface area contributed by atoms with Crippen molar-refractivity contribution < 1.29 is 19.0 Å². The molecule has 0 aliphatic carbocycles. The van der Waals surface area contributed by atoms with Crippen molar-refractivity contribution in [3.05, 3.63) is 34.5 Å². The van der Waals surface area contributed by atoms with Crippen molar-refractivity contribution in [2.45, 2.75) is 32.9 Å². The van der Waals surface area contributed by atoms with Crippen molar-refractivity contribution in [3.8, 4) is 5.75 Å². The Hall–Kier alpha value is -2.10. The van der Waals surface area contributed by atoms with Crippen LogP contribution in [0, 0.1) is 5.82 Å². The predicted molar refractivity (Wildman–Crippen MR) is 111 cm³/mol. The summed E-state index contributed by atoms with van der Waals surface area (Å²) in [6, 6.07) is 3.95. The van der Waals surface area contributed by atoms with E-state index in [0.29, 0.717) is 41.8 Å². The Balaban J connectivity index is 2.17. The molecule has 1 aromatic carbocycles. The lowest BCUT2D eigenvalue weighted by Gasteiger charge is -2.18. The molecule has 1 aliphatic heterocycles. The van der Waals surface area contributed by atoms with Crippen molar-refractivity contribution >= 4 is 29.1 Å². The van der Waals surface area contributed by atoms with Gasteiger partial charge in [-0.05, 0) is 51.4 Å². The second-order valence-electron chi connectivity index (χ2n) is 6.10. The Morgan fingerprint density at radius 2 is 2.18 bits per heavy atom. The van der Waals surface area contributed by atoms with Crippen molar-refractivity contribution in [1.82, 2.24) is 10.2 Å². The SMILES string of the molecule is CCN(CC)C(=O)Oc1cc(F)ccc1/C=C1/SC(=NCCCCN)NC1O. The molecule has 4 N–H and O–H groups in total. The Labute approximate surface area is 168 Å². The quantitative estimate of drug-likeness (QED) is 0.570. The van der Waals surface area contributed by atoms with Crippen molar-refractivity contribution in [2.24, 2.45) is 10.7 Å². The minimum atomic E-state index is -0.922. The molecule has 0 bridgehead atoms. The molecule has 1 fully saturated rings. The smallest absolute Gasteiger partial charge is 0.409 e. The van der Waals surface area contributed by atoms with Gasteiger partial charge in [0.05, 0.1) is 0 Å². The highest BCUT2D eigenvalue weighted by Crippen LogP contribution is 2.32. The summed E-state index contributed by atoms with van der Waals surface area (Å²) in [4.78, 5) is 18.7. The number of rotatable bonds is 8. The van der Waals surface area contributed by atoms with E-state index in [-0.39, 0.29) is 5.75 Å². The summed E-state index contributed by atoms with van der Waals surface area (Å²) in [7, 11) is 0. The van der Waals surface area contributed by atoms with Gasteiger partial charge < -0.3 is 25.8 Å². The van der Waals surface area contributed by atoms with Gasteiger partial charge in [-0.25, -0.2) is 9.18 Å². The number of carbonyl (C=O) groups is 1. The number of hydrogen-bond acceptors (Lipinski definition) is 6. The van der Waals surface area contributed by atoms with E-state index < -0.39 is 18.1 Å². The monoisotopic (exact) mass is 410 g/mol. The predicted octanol–water partition coefficient (Wildman–Crippen LogP) is 2.76. The van der Waals surface area contributed by atoms with E-state index in [0.717, 1.165) is 18.9 Å². The van der Waals surface area contributed by atoms with E-state index >= 15 is 0 Å². The third-order valence-corrected chi connectivity index (χ3v) is 5.12. The first kappa shape index (κ1) is 22.2. The number of nitrogens with two attached hydrogens (primary N) is 1. The molecule has 7 nitrogen and oxygen atoms in total. The molecule has 1 saturated heterocycles. The topological polar surface area (TPSA) is 100 Å². The summed E-state index contributed by atoms with van der Waals surface area (Å²) >= 11 is 1.29. The van der Waals surface area contributed by atoms with E-state index in [1.54, 1.807) is 6.08 Å². The minimum Gasteiger partial charge on any atom is -0.409 e. The highest BCUT2D eigenvalue weighted by atomic mass is 32.2. The number of aliphatic imine (C=N–C) groups is 1. The number of hydrogen-bond donors (Lipinski definition) is 3. The molecule has 1 aliphatic rings. The normalized spacial score (nSPS) is 19.1. The number of halogens is 1. The van der Waals surface area contributed by atoms with Crippen LogP contribution < -0.4 is 15.8 Å². The number of amides is 1. The lowest BCUT2D eigenvalue weighted by atomic mass is 10.1. The van der Waals surface area contributed by atoms with Gasteiger partial charge >= 0.3 is 6.09 Å². The molecular formula is C19H27FN4O3S. The first-order valence-corrected chi connectivity index (χ1v) is 10.1. The number of thioether (sulfide) groups is 1. The first-order valence-electron chi connectivity index (χ1n) is 9.33. The fourth-order valence-corrected chi connectivity index (χ4v) is 3.42. The maximum Gasteiger partial charge on any atom is 0.415 e. The average Bonchev–Trinajstić information content (AvgIpc) is 3.01. The molecule has 1 heterocycles. The summed E-state index contributed by atoms with van der Waals surface area (Å²) in [5.41, 5.74) is 5.96. The van der Waals surface area contributed by atoms with E-state index in [1.807, 2.05) is 13.8 Å². The number of nitrogens with one attached hydrogen (secondary N) is 1. The van der Waals surface area contributed by atoms with Crippen molar-refractivity contribution in [2.75, 3.05) is 26.2 Å². The van der Waals surface area contributed by atoms with Crippen LogP contribution in [0.1, 0.15) is 32.3 Å². The Bertz CT molecular complexity index is 738. The average molecular weight is 411 g/mol. The van der Waals surface area contributed by atoms with E-state index in [4.69, 9.17) is 10.5 Å². The van der Waals surface area contributed by atoms with Gasteiger partial charge in [-0.2, -0.15) is 0 Å². The highest BCUT2D eigenvalue weighted by Gasteiger charge is 2.24. The largest absolute Gasteiger partial charge is 0.415 e. The van der Waals surface area contributed by atoms with Crippen LogP contribution in [0.4, 0.5) is 9.18 Å². The van der Waals surface area contributed by atoms with Crippen LogP contribution in [-0.4, -0.2) is 53.7 Å². The standard InChI is InChI=1S/C19H27FN4O3S/c1-3-24(4-2)19(26)27-15-12-14(20)8-7-13(15)11-16-17(25)23-18(28-16)22-10-6-5-9-21/h7-8,11-12,17,25H,3-6,9-10,21H2,1-2H3,(H,22,23)/b16-11+. The third kappa shape index (κ3) is 6.22. The molecule has 2 rings (SSSR count). The first-order chi connectivity index (χ1) is 13.5. The van der Waals surface area contributed by atoms with Gasteiger partial charge in [-0.1, -0.05) is 11.8 Å². The molecule has 1 atom stereocenters. The summed E-state index contributed by atoms with van der Waals surface area (Å²) in [5, 5.41) is 13.7. The van der Waals surface area contributed by atoms with E-state index in [9.17, 15) is 14.3 Å². The van der Waals surface area contributed by atoms with Crippen molar-refractivity contribution in [1.29, 1.82) is 0 Å². The number of benzene rings is 1. The third-order valence-electron chi connectivity index (χ3n) is 4.10. The molecule has 154 valence electrons. The van der Waals surface area contributed by atoms with Gasteiger partial charge in [0.2, 0.25) is 0 Å². The number of aliphatic hydroxyl groups excluding tert-OH is 1. The maximum atomic E-state index is 13.7. The van der Waals surface area contributed by atoms with Gasteiger partial charge in [0, 0.05) is 36.2 Å². The number of ether oxygens (including phenoxy) is 1. The second-order valence-corrected chi connectivity index (χ2v) is 7.16. The maximum absolute atomic E-state index is 13.7. The van der Waals surface area contributed by atoms with Gasteiger partial charge in [0.1, 0.15) is 11.6 Å². The lowest BCUT2D eigenvalue weighted by molar-refractivity contribution is 0.157. The Morgan fingerprint density at radius 1 is 1.43 bits per heavy atom. The van der Waals surface area contributed by atoms with Crippen LogP contribution in [0.5, 0.6) is 5.75 Å². The highest BCUT2D eigenvalue weighted by molar-refractivity contribution is 8.17. The molecule has 0 radical (unpaired) electrons. The number of amidine groups is 1. The molecule has 9 heteroatoms. The van der Waals surface area contributed by atoms with Crippen LogP contribution in [0.2, 0.25) is 0 Å². The van der Waals surface area contributed by atoms with Crippen molar-refractivity contribution in [3.63, 3.8) is 0 Å². The summed E-state index contributed by atoms with van der Waals surface area (Å²) < 4.78 is 19.1. The molecule has 1 amide bonds. The van der Waals surface area contributed by atoms with Gasteiger partial charge in [0.25, 0.3) is 0 Å². The van der Waals surface area contributed by atoms with E-state index in [2.05, 4.69) is 10.3 Å². The number of aliphatic hydroxyl groups is 1. The van der Waals surface area contributed by atoms with Gasteiger partial charge in [0.15, 0.2) is 11.4 Å². The number of unbranched alkanes of at least 4 members (excludes halogenated alkanes) is 1. The van der Waals surface area contributed by atoms with Crippen LogP contribution in [0.15, 0.2) is 28.1 Å². The molecule has 28 heavy (non-hydrogen) atoms. The zero-order valence-electron chi connectivity index (χ0n) is 16.2. The zero-order valence-corrected chi connectivity index (χ0v) is 17.0. The van der Waals surface area contributed by atoms with Crippen LogP contribution >= 0.6 is 11.8 Å². The molecule has 0 saturated carbocycles. The lowest BCUT2D eigenvalue weighted by Crippen LogP contribution is -2.33. The summed E-state index contributed by atoms with van der Waals surface area (Å²) in [5.74, 6) is -0.407. The molecule has 1 aromatic rings. The summed E-state index contributed by atoms with van der Waals surface area (Å²) in [6.07, 6.45) is 1.96. The summed E-state index contributed by atoms with van der Waals surface area (Å²) in [6.45, 7) is 5.90.